The van der Waals surface area contributed by atoms with Crippen LogP contribution in [0, 0.1) is 0 Å². The van der Waals surface area contributed by atoms with Crippen LogP contribution in [-0.2, 0) is 4.79 Å². The Morgan fingerprint density at radius 1 is 0.938 bits per heavy atom. The van der Waals surface area contributed by atoms with E-state index >= 15 is 0 Å². The lowest BCUT2D eigenvalue weighted by molar-refractivity contribution is -0.134. The molecule has 172 valence electrons. The Hall–Kier alpha value is -2.41. The lowest BCUT2D eigenvalue weighted by atomic mass is 9.89. The molecule has 7 heteroatoms. The number of fused-ring (bicyclic) bond motifs is 3. The summed E-state index contributed by atoms with van der Waals surface area (Å²) in [6.45, 7) is -0.314. The molecule has 7 nitrogen and oxygen atoms in total. The molecule has 1 aromatic carbocycles. The molecule has 32 heavy (non-hydrogen) atoms. The Labute approximate surface area is 188 Å². The van der Waals surface area contributed by atoms with Crippen molar-refractivity contribution >= 4 is 22.8 Å². The molecule has 3 fully saturated rings. The van der Waals surface area contributed by atoms with Gasteiger partial charge >= 0.3 is 5.97 Å². The Bertz CT molecular complexity index is 1010. The van der Waals surface area contributed by atoms with Crippen molar-refractivity contribution in [3.05, 3.63) is 34.6 Å². The number of carboxylic acid groups (broad SMARTS) is 1. The summed E-state index contributed by atoms with van der Waals surface area (Å²) in [6, 6.07) is 9.63. The van der Waals surface area contributed by atoms with Crippen LogP contribution in [0.4, 0.5) is 5.82 Å². The van der Waals surface area contributed by atoms with Crippen molar-refractivity contribution in [3.8, 4) is 0 Å². The minimum absolute atomic E-state index is 0.128. The Kier molecular flexibility index (Phi) is 6.17. The molecule has 2 bridgehead atoms. The van der Waals surface area contributed by atoms with Gasteiger partial charge < -0.3 is 15.0 Å². The number of benzene rings is 1. The van der Waals surface area contributed by atoms with Crippen molar-refractivity contribution in [1.82, 2.24) is 14.5 Å². The largest absolute Gasteiger partial charge is 0.480 e. The first-order valence-electron chi connectivity index (χ1n) is 12.4. The van der Waals surface area contributed by atoms with Gasteiger partial charge in [0, 0.05) is 24.2 Å². The monoisotopic (exact) mass is 438 g/mol. The van der Waals surface area contributed by atoms with E-state index in [4.69, 9.17) is 5.11 Å². The summed E-state index contributed by atoms with van der Waals surface area (Å²) < 4.78 is 1.91. The molecule has 5 rings (SSSR count). The number of piperidine rings is 1. The number of nitrogens with one attached hydrogen (secondary N) is 1. The van der Waals surface area contributed by atoms with Crippen molar-refractivity contribution in [3.63, 3.8) is 0 Å². The normalized spacial score (nSPS) is 27.2. The lowest BCUT2D eigenvalue weighted by Crippen LogP contribution is -2.50. The molecular formula is C25H34N4O3. The smallest absolute Gasteiger partial charge is 0.322 e. The molecule has 1 aromatic heterocycles. The molecule has 3 aliphatic rings. The molecule has 3 heterocycles. The zero-order valence-corrected chi connectivity index (χ0v) is 18.7. The van der Waals surface area contributed by atoms with Crippen molar-refractivity contribution in [1.29, 1.82) is 0 Å². The maximum Gasteiger partial charge on any atom is 0.322 e. The number of carbonyl (C=O) groups is 1. The Morgan fingerprint density at radius 2 is 1.59 bits per heavy atom. The summed E-state index contributed by atoms with van der Waals surface area (Å²) in [7, 11) is 0. The van der Waals surface area contributed by atoms with E-state index in [1.807, 2.05) is 28.8 Å². The molecule has 0 unspecified atom stereocenters. The van der Waals surface area contributed by atoms with Gasteiger partial charge in [0.1, 0.15) is 6.54 Å². The first-order chi connectivity index (χ1) is 15.6. The quantitative estimate of drug-likeness (QED) is 0.728. The average Bonchev–Trinajstić information content (AvgIpc) is 3.01. The highest BCUT2D eigenvalue weighted by Crippen LogP contribution is 2.44. The summed E-state index contributed by atoms with van der Waals surface area (Å²) in [6.07, 6.45) is 13.9. The molecule has 1 aliphatic carbocycles. The van der Waals surface area contributed by atoms with Crippen LogP contribution in [0.25, 0.3) is 11.0 Å². The van der Waals surface area contributed by atoms with Gasteiger partial charge in [0.15, 0.2) is 5.82 Å². The van der Waals surface area contributed by atoms with E-state index in [-0.39, 0.29) is 24.0 Å². The average molecular weight is 439 g/mol. The van der Waals surface area contributed by atoms with E-state index in [1.54, 1.807) is 0 Å². The second kappa shape index (κ2) is 9.22. The standard InChI is InChI=1S/C25H34N4O3/c30-23(31)16-26-24-25(32)29(22-11-7-6-10-21(22)27-24)20-14-18-12-13-19(15-20)28(18)17-8-4-2-1-3-5-9-17/h6-7,10-11,17-20H,1-5,8-9,12-16H2,(H,26,27)(H,30,31)/t18-,19+,20+. The zero-order chi connectivity index (χ0) is 22.1. The fraction of sp³-hybridized carbons (Fsp3) is 0.640. The van der Waals surface area contributed by atoms with Crippen LogP contribution < -0.4 is 10.9 Å². The number of carboxylic acids is 1. The predicted octanol–water partition coefficient (Wildman–Crippen LogP) is 4.17. The molecule has 1 saturated carbocycles. The van der Waals surface area contributed by atoms with Gasteiger partial charge in [0.2, 0.25) is 0 Å². The van der Waals surface area contributed by atoms with E-state index in [2.05, 4.69) is 15.2 Å². The number of nitrogens with zero attached hydrogens (tertiary/aromatic N) is 3. The number of hydrogen-bond donors (Lipinski definition) is 2. The zero-order valence-electron chi connectivity index (χ0n) is 18.7. The first-order valence-corrected chi connectivity index (χ1v) is 12.4. The highest BCUT2D eigenvalue weighted by atomic mass is 16.4. The van der Waals surface area contributed by atoms with E-state index in [0.717, 1.165) is 23.9 Å². The van der Waals surface area contributed by atoms with Gasteiger partial charge in [0.25, 0.3) is 5.56 Å². The van der Waals surface area contributed by atoms with Gasteiger partial charge in [-0.2, -0.15) is 0 Å². The number of para-hydroxylation sites is 2. The number of rotatable bonds is 5. The van der Waals surface area contributed by atoms with Gasteiger partial charge in [0.05, 0.1) is 11.0 Å². The number of aliphatic carboxylic acids is 1. The summed E-state index contributed by atoms with van der Waals surface area (Å²) in [5.74, 6) is -0.864. The molecule has 2 aliphatic heterocycles. The van der Waals surface area contributed by atoms with Gasteiger partial charge in [-0.25, -0.2) is 4.98 Å². The van der Waals surface area contributed by atoms with Gasteiger partial charge in [-0.3, -0.25) is 14.5 Å². The number of hydrogen-bond acceptors (Lipinski definition) is 5. The van der Waals surface area contributed by atoms with Crippen LogP contribution in [0.1, 0.15) is 76.7 Å². The maximum absolute atomic E-state index is 13.4. The molecule has 2 N–H and O–H groups in total. The third-order valence-corrected chi connectivity index (χ3v) is 7.83. The summed E-state index contributed by atoms with van der Waals surface area (Å²) in [5, 5.41) is 11.8. The molecule has 3 atom stereocenters. The minimum Gasteiger partial charge on any atom is -0.480 e. The predicted molar refractivity (Wildman–Crippen MR) is 125 cm³/mol. The lowest BCUT2D eigenvalue weighted by Gasteiger charge is -2.45. The summed E-state index contributed by atoms with van der Waals surface area (Å²) >= 11 is 0. The van der Waals surface area contributed by atoms with E-state index in [1.165, 1.54) is 57.8 Å². The SMILES string of the molecule is O=C(O)CNc1nc2ccccc2n([C@H]2C[C@H]3CC[C@@H](C2)N3C2CCCCCCC2)c1=O. The number of aromatic nitrogens is 2. The minimum atomic E-state index is -1.00. The second-order valence-corrected chi connectivity index (χ2v) is 9.83. The van der Waals surface area contributed by atoms with Crippen molar-refractivity contribution in [2.45, 2.75) is 94.8 Å². The second-order valence-electron chi connectivity index (χ2n) is 9.83. The Morgan fingerprint density at radius 3 is 2.28 bits per heavy atom. The fourth-order valence-corrected chi connectivity index (χ4v) is 6.52. The molecule has 0 spiro atoms. The van der Waals surface area contributed by atoms with Crippen molar-refractivity contribution in [2.24, 2.45) is 0 Å². The highest BCUT2D eigenvalue weighted by Gasteiger charge is 2.44. The summed E-state index contributed by atoms with van der Waals surface area (Å²) in [4.78, 5) is 31.8. The van der Waals surface area contributed by atoms with Crippen molar-refractivity contribution in [2.75, 3.05) is 11.9 Å². The molecule has 0 radical (unpaired) electrons. The van der Waals surface area contributed by atoms with Crippen molar-refractivity contribution < 1.29 is 9.90 Å². The van der Waals surface area contributed by atoms with Crippen LogP contribution in [0.5, 0.6) is 0 Å². The first kappa shape index (κ1) is 21.4. The molecule has 0 amide bonds. The van der Waals surface area contributed by atoms with Crippen LogP contribution in [0.3, 0.4) is 0 Å². The molecule has 2 saturated heterocycles. The van der Waals surface area contributed by atoms with Gasteiger partial charge in [-0.05, 0) is 50.7 Å². The molecular weight excluding hydrogens is 404 g/mol. The third-order valence-electron chi connectivity index (χ3n) is 7.83. The number of anilines is 1. The maximum atomic E-state index is 13.4. The summed E-state index contributed by atoms with van der Waals surface area (Å²) in [5.41, 5.74) is 1.38. The van der Waals surface area contributed by atoms with E-state index in [9.17, 15) is 9.59 Å². The fourth-order valence-electron chi connectivity index (χ4n) is 6.52. The van der Waals surface area contributed by atoms with Gasteiger partial charge in [-0.15, -0.1) is 0 Å². The third kappa shape index (κ3) is 4.15. The van der Waals surface area contributed by atoms with Crippen LogP contribution in [-0.4, -0.2) is 50.2 Å². The molecule has 2 aromatic rings. The van der Waals surface area contributed by atoms with E-state index < -0.39 is 5.97 Å². The highest BCUT2D eigenvalue weighted by molar-refractivity contribution is 5.77. The Balaban J connectivity index is 1.45. The van der Waals surface area contributed by atoms with Gasteiger partial charge in [-0.1, -0.05) is 44.2 Å². The van der Waals surface area contributed by atoms with Crippen LogP contribution in [0.15, 0.2) is 29.1 Å². The topological polar surface area (TPSA) is 87.5 Å². The van der Waals surface area contributed by atoms with Crippen LogP contribution >= 0.6 is 0 Å². The van der Waals surface area contributed by atoms with E-state index in [0.29, 0.717) is 18.1 Å². The van der Waals surface area contributed by atoms with Crippen LogP contribution in [0.2, 0.25) is 0 Å².